The van der Waals surface area contributed by atoms with Gasteiger partial charge in [0.05, 0.1) is 17.9 Å². The molecule has 1 aromatic heterocycles. The highest BCUT2D eigenvalue weighted by Crippen LogP contribution is 2.30. The van der Waals surface area contributed by atoms with Gasteiger partial charge < -0.3 is 10.2 Å². The minimum atomic E-state index is -0.188. The number of anilines is 1. The molecule has 0 aliphatic rings. The topological polar surface area (TPSA) is 28.2 Å². The Kier molecular flexibility index (Phi) is 5.28. The smallest absolute Gasteiger partial charge is 0.146 e. The molecule has 21 heavy (non-hydrogen) atoms. The van der Waals surface area contributed by atoms with Gasteiger partial charge in [0, 0.05) is 18.8 Å². The largest absolute Gasteiger partial charge is 0.363 e. The minimum Gasteiger partial charge on any atom is -0.363 e. The second kappa shape index (κ2) is 7.18. The lowest BCUT2D eigenvalue weighted by Gasteiger charge is -2.28. The summed E-state index contributed by atoms with van der Waals surface area (Å²) in [6, 6.07) is 11.1. The van der Waals surface area contributed by atoms with E-state index < -0.39 is 0 Å². The van der Waals surface area contributed by atoms with Crippen LogP contribution in [-0.2, 0) is 6.54 Å². The van der Waals surface area contributed by atoms with Crippen molar-refractivity contribution < 1.29 is 4.39 Å². The van der Waals surface area contributed by atoms with Crippen LogP contribution in [0.15, 0.2) is 42.6 Å². The molecule has 1 heterocycles. The average molecular weight is 287 g/mol. The van der Waals surface area contributed by atoms with Crippen molar-refractivity contribution in [1.82, 2.24) is 10.3 Å². The molecule has 0 radical (unpaired) electrons. The molecular formula is C17H22FN3. The van der Waals surface area contributed by atoms with Crippen molar-refractivity contribution in [2.75, 3.05) is 18.5 Å². The standard InChI is InChI=1S/C17H22FN3/c1-4-21(12-14-8-5-6-11-20-14)17-15(13(2)19-3)9-7-10-16(17)18/h5-11,13,19H,4,12H2,1-3H3. The normalized spacial score (nSPS) is 12.2. The van der Waals surface area contributed by atoms with Crippen LogP contribution in [-0.4, -0.2) is 18.6 Å². The summed E-state index contributed by atoms with van der Waals surface area (Å²) < 4.78 is 14.4. The number of nitrogens with one attached hydrogen (secondary N) is 1. The van der Waals surface area contributed by atoms with Gasteiger partial charge in [0.1, 0.15) is 5.82 Å². The Bertz CT molecular complexity index is 572. The molecule has 0 saturated heterocycles. The molecule has 0 bridgehead atoms. The number of pyridine rings is 1. The van der Waals surface area contributed by atoms with E-state index in [2.05, 4.69) is 10.3 Å². The van der Waals surface area contributed by atoms with Gasteiger partial charge in [0.25, 0.3) is 0 Å². The molecule has 1 atom stereocenters. The van der Waals surface area contributed by atoms with Gasteiger partial charge in [-0.25, -0.2) is 4.39 Å². The van der Waals surface area contributed by atoms with Gasteiger partial charge in [-0.15, -0.1) is 0 Å². The molecule has 112 valence electrons. The summed E-state index contributed by atoms with van der Waals surface area (Å²) in [7, 11) is 1.88. The van der Waals surface area contributed by atoms with Crippen LogP contribution in [0.5, 0.6) is 0 Å². The van der Waals surface area contributed by atoms with Crippen molar-refractivity contribution in [2.24, 2.45) is 0 Å². The molecule has 0 spiro atoms. The lowest BCUT2D eigenvalue weighted by molar-refractivity contribution is 0.597. The van der Waals surface area contributed by atoms with Crippen LogP contribution >= 0.6 is 0 Å². The molecule has 1 aromatic carbocycles. The van der Waals surface area contributed by atoms with Gasteiger partial charge in [0.2, 0.25) is 0 Å². The number of rotatable bonds is 6. The predicted octanol–water partition coefficient (Wildman–Crippen LogP) is 3.53. The second-order valence-electron chi connectivity index (χ2n) is 5.02. The zero-order valence-corrected chi connectivity index (χ0v) is 12.8. The molecule has 0 amide bonds. The lowest BCUT2D eigenvalue weighted by atomic mass is 10.0. The van der Waals surface area contributed by atoms with Crippen molar-refractivity contribution in [3.8, 4) is 0 Å². The molecule has 3 nitrogen and oxygen atoms in total. The summed E-state index contributed by atoms with van der Waals surface area (Å²) >= 11 is 0. The number of hydrogen-bond acceptors (Lipinski definition) is 3. The zero-order chi connectivity index (χ0) is 15.2. The van der Waals surface area contributed by atoms with E-state index in [1.54, 1.807) is 12.3 Å². The average Bonchev–Trinajstić information content (AvgIpc) is 2.53. The Morgan fingerprint density at radius 3 is 2.67 bits per heavy atom. The zero-order valence-electron chi connectivity index (χ0n) is 12.8. The third kappa shape index (κ3) is 3.58. The second-order valence-corrected chi connectivity index (χ2v) is 5.02. The van der Waals surface area contributed by atoms with Gasteiger partial charge in [0.15, 0.2) is 0 Å². The highest BCUT2D eigenvalue weighted by atomic mass is 19.1. The number of halogens is 1. The maximum Gasteiger partial charge on any atom is 0.146 e. The first-order valence-electron chi connectivity index (χ1n) is 7.27. The molecule has 2 aromatic rings. The highest BCUT2D eigenvalue weighted by Gasteiger charge is 2.18. The summed E-state index contributed by atoms with van der Waals surface area (Å²) in [5.41, 5.74) is 2.56. The first-order chi connectivity index (χ1) is 10.2. The maximum atomic E-state index is 14.4. The van der Waals surface area contributed by atoms with Gasteiger partial charge in [-0.3, -0.25) is 4.98 Å². The first kappa shape index (κ1) is 15.4. The molecule has 1 N–H and O–H groups in total. The van der Waals surface area contributed by atoms with E-state index in [4.69, 9.17) is 0 Å². The fourth-order valence-corrected chi connectivity index (χ4v) is 2.41. The Hall–Kier alpha value is -1.94. The fourth-order valence-electron chi connectivity index (χ4n) is 2.41. The SMILES string of the molecule is CCN(Cc1ccccn1)c1c(F)cccc1C(C)NC. The van der Waals surface area contributed by atoms with Gasteiger partial charge in [-0.1, -0.05) is 18.2 Å². The number of nitrogens with zero attached hydrogens (tertiary/aromatic N) is 2. The monoisotopic (exact) mass is 287 g/mol. The van der Waals surface area contributed by atoms with Gasteiger partial charge >= 0.3 is 0 Å². The van der Waals surface area contributed by atoms with Crippen LogP contribution in [0.25, 0.3) is 0 Å². The van der Waals surface area contributed by atoms with Crippen LogP contribution in [0.3, 0.4) is 0 Å². The van der Waals surface area contributed by atoms with E-state index in [1.165, 1.54) is 6.07 Å². The third-order valence-electron chi connectivity index (χ3n) is 3.69. The Morgan fingerprint density at radius 1 is 1.24 bits per heavy atom. The summed E-state index contributed by atoms with van der Waals surface area (Å²) in [6.07, 6.45) is 1.77. The van der Waals surface area contributed by atoms with Crippen molar-refractivity contribution >= 4 is 5.69 Å². The molecular weight excluding hydrogens is 265 g/mol. The number of para-hydroxylation sites is 1. The maximum absolute atomic E-state index is 14.4. The van der Waals surface area contributed by atoms with Crippen LogP contribution < -0.4 is 10.2 Å². The summed E-state index contributed by atoms with van der Waals surface area (Å²) in [6.45, 7) is 5.39. The van der Waals surface area contributed by atoms with Gasteiger partial charge in [-0.2, -0.15) is 0 Å². The third-order valence-corrected chi connectivity index (χ3v) is 3.69. The van der Waals surface area contributed by atoms with Crippen LogP contribution in [0, 0.1) is 5.82 Å². The summed E-state index contributed by atoms with van der Waals surface area (Å²) in [4.78, 5) is 6.37. The molecule has 0 fully saturated rings. The van der Waals surface area contributed by atoms with Crippen LogP contribution in [0.4, 0.5) is 10.1 Å². The highest BCUT2D eigenvalue weighted by molar-refractivity contribution is 5.56. The van der Waals surface area contributed by atoms with Crippen molar-refractivity contribution in [3.63, 3.8) is 0 Å². The van der Waals surface area contributed by atoms with Gasteiger partial charge in [-0.05, 0) is 44.7 Å². The summed E-state index contributed by atoms with van der Waals surface area (Å²) in [5.74, 6) is -0.188. The molecule has 1 unspecified atom stereocenters. The lowest BCUT2D eigenvalue weighted by Crippen LogP contribution is -2.27. The molecule has 4 heteroatoms. The quantitative estimate of drug-likeness (QED) is 0.881. The van der Waals surface area contributed by atoms with Crippen LogP contribution in [0.1, 0.15) is 31.1 Å². The number of benzene rings is 1. The van der Waals surface area contributed by atoms with Crippen molar-refractivity contribution in [3.05, 3.63) is 59.7 Å². The fraction of sp³-hybridized carbons (Fsp3) is 0.353. The molecule has 0 aliphatic heterocycles. The number of hydrogen-bond donors (Lipinski definition) is 1. The van der Waals surface area contributed by atoms with E-state index in [0.717, 1.165) is 17.8 Å². The first-order valence-corrected chi connectivity index (χ1v) is 7.27. The Balaban J connectivity index is 2.37. The predicted molar refractivity (Wildman–Crippen MR) is 84.8 cm³/mol. The Morgan fingerprint density at radius 2 is 2.05 bits per heavy atom. The van der Waals surface area contributed by atoms with E-state index >= 15 is 0 Å². The minimum absolute atomic E-state index is 0.0912. The van der Waals surface area contributed by atoms with Crippen LogP contribution in [0.2, 0.25) is 0 Å². The Labute approximate surface area is 125 Å². The van der Waals surface area contributed by atoms with E-state index in [9.17, 15) is 4.39 Å². The van der Waals surface area contributed by atoms with E-state index in [1.807, 2.05) is 50.1 Å². The molecule has 2 rings (SSSR count). The van der Waals surface area contributed by atoms with Crippen molar-refractivity contribution in [2.45, 2.75) is 26.4 Å². The van der Waals surface area contributed by atoms with E-state index in [-0.39, 0.29) is 11.9 Å². The molecule has 0 aliphatic carbocycles. The van der Waals surface area contributed by atoms with Crippen molar-refractivity contribution in [1.29, 1.82) is 0 Å². The summed E-state index contributed by atoms with van der Waals surface area (Å²) in [5, 5.41) is 3.18. The molecule has 0 saturated carbocycles. The number of aromatic nitrogens is 1. The van der Waals surface area contributed by atoms with E-state index in [0.29, 0.717) is 12.2 Å².